The summed E-state index contributed by atoms with van der Waals surface area (Å²) in [4.78, 5) is 24.0. The van der Waals surface area contributed by atoms with E-state index in [2.05, 4.69) is 41.7 Å². The Morgan fingerprint density at radius 3 is 2.43 bits per heavy atom. The minimum Gasteiger partial charge on any atom is -0.461 e. The third-order valence-electron chi connectivity index (χ3n) is 4.60. The highest BCUT2D eigenvalue weighted by molar-refractivity contribution is 8.03. The molecule has 3 rings (SSSR count). The highest BCUT2D eigenvalue weighted by Gasteiger charge is 2.27. The van der Waals surface area contributed by atoms with E-state index in [1.165, 1.54) is 28.5 Å². The van der Waals surface area contributed by atoms with Crippen LogP contribution < -0.4 is 5.32 Å². The van der Waals surface area contributed by atoms with Gasteiger partial charge in [-0.05, 0) is 42.9 Å². The summed E-state index contributed by atoms with van der Waals surface area (Å²) in [5.74, 6) is -0.274. The van der Waals surface area contributed by atoms with E-state index in [-0.39, 0.29) is 11.2 Å². The van der Waals surface area contributed by atoms with Crippen LogP contribution in [-0.2, 0) is 20.7 Å². The van der Waals surface area contributed by atoms with Gasteiger partial charge in [0.15, 0.2) is 5.78 Å². The predicted octanol–water partition coefficient (Wildman–Crippen LogP) is 4.70. The van der Waals surface area contributed by atoms with E-state index in [4.69, 9.17) is 4.74 Å². The smallest absolute Gasteiger partial charge is 0.354 e. The summed E-state index contributed by atoms with van der Waals surface area (Å²) >= 11 is 1.34. The molecular weight excluding hydrogens is 370 g/mol. The van der Waals surface area contributed by atoms with Crippen molar-refractivity contribution in [3.63, 3.8) is 0 Å². The fraction of sp³-hybridized carbons (Fsp3) is 0.304. The molecule has 0 radical (unpaired) electrons. The van der Waals surface area contributed by atoms with Gasteiger partial charge in [-0.3, -0.25) is 4.79 Å². The van der Waals surface area contributed by atoms with Gasteiger partial charge in [0.2, 0.25) is 0 Å². The molecule has 0 spiro atoms. The van der Waals surface area contributed by atoms with Crippen LogP contribution in [0.3, 0.4) is 0 Å². The first-order valence-electron chi connectivity index (χ1n) is 9.63. The van der Waals surface area contributed by atoms with E-state index in [1.54, 1.807) is 12.3 Å². The zero-order chi connectivity index (χ0) is 19.8. The Morgan fingerprint density at radius 1 is 1.00 bits per heavy atom. The summed E-state index contributed by atoms with van der Waals surface area (Å²) in [6.45, 7) is 2.09. The fourth-order valence-corrected chi connectivity index (χ4v) is 3.97. The zero-order valence-electron chi connectivity index (χ0n) is 16.0. The maximum absolute atomic E-state index is 12.3. The Bertz CT molecular complexity index is 831. The van der Waals surface area contributed by atoms with E-state index in [0.29, 0.717) is 18.7 Å². The molecule has 0 saturated carbocycles. The first kappa shape index (κ1) is 20.2. The van der Waals surface area contributed by atoms with Gasteiger partial charge in [0.05, 0.1) is 6.61 Å². The molecule has 4 nitrogen and oxygen atoms in total. The third kappa shape index (κ3) is 5.49. The number of carbonyl (C=O) groups is 2. The number of ether oxygens (including phenoxy) is 1. The van der Waals surface area contributed by atoms with Crippen molar-refractivity contribution in [2.24, 2.45) is 0 Å². The topological polar surface area (TPSA) is 55.4 Å². The van der Waals surface area contributed by atoms with Crippen molar-refractivity contribution < 1.29 is 14.3 Å². The van der Waals surface area contributed by atoms with Crippen molar-refractivity contribution in [2.45, 2.75) is 38.0 Å². The summed E-state index contributed by atoms with van der Waals surface area (Å²) in [7, 11) is 0. The number of thioether (sulfide) groups is 1. The predicted molar refractivity (Wildman–Crippen MR) is 114 cm³/mol. The van der Waals surface area contributed by atoms with Crippen LogP contribution in [0.4, 0.5) is 0 Å². The van der Waals surface area contributed by atoms with Crippen LogP contribution in [0.1, 0.15) is 31.7 Å². The fourth-order valence-electron chi connectivity index (χ4n) is 3.07. The average Bonchev–Trinajstić information content (AvgIpc) is 3.23. The van der Waals surface area contributed by atoms with E-state index in [9.17, 15) is 9.59 Å². The van der Waals surface area contributed by atoms with E-state index < -0.39 is 5.97 Å². The molecule has 146 valence electrons. The highest BCUT2D eigenvalue weighted by Crippen LogP contribution is 2.24. The van der Waals surface area contributed by atoms with Crippen LogP contribution in [0.2, 0.25) is 0 Å². The molecule has 1 N–H and O–H groups in total. The molecule has 1 unspecified atom stereocenters. The molecule has 1 aliphatic heterocycles. The number of benzene rings is 2. The molecule has 1 aliphatic rings. The van der Waals surface area contributed by atoms with Gasteiger partial charge in [-0.15, -0.1) is 0 Å². The Morgan fingerprint density at radius 2 is 1.71 bits per heavy atom. The van der Waals surface area contributed by atoms with Crippen LogP contribution in [0.5, 0.6) is 0 Å². The minimum atomic E-state index is -0.399. The van der Waals surface area contributed by atoms with Gasteiger partial charge >= 0.3 is 5.97 Å². The molecule has 0 aliphatic carbocycles. The van der Waals surface area contributed by atoms with Crippen LogP contribution in [0.25, 0.3) is 11.1 Å². The van der Waals surface area contributed by atoms with Crippen molar-refractivity contribution >= 4 is 23.5 Å². The van der Waals surface area contributed by atoms with Crippen LogP contribution in [-0.4, -0.2) is 23.7 Å². The largest absolute Gasteiger partial charge is 0.461 e. The van der Waals surface area contributed by atoms with Crippen LogP contribution >= 0.6 is 11.8 Å². The Hall–Kier alpha value is -2.53. The van der Waals surface area contributed by atoms with Gasteiger partial charge in [0, 0.05) is 11.8 Å². The Kier molecular flexibility index (Phi) is 7.31. The maximum Gasteiger partial charge on any atom is 0.354 e. The zero-order valence-corrected chi connectivity index (χ0v) is 16.8. The number of esters is 1. The summed E-state index contributed by atoms with van der Waals surface area (Å²) < 4.78 is 4.94. The summed E-state index contributed by atoms with van der Waals surface area (Å²) in [5, 5.41) is 4.26. The number of hydrogen-bond acceptors (Lipinski definition) is 5. The maximum atomic E-state index is 12.3. The second kappa shape index (κ2) is 10.1. The molecule has 0 amide bonds. The Balaban J connectivity index is 1.38. The van der Waals surface area contributed by atoms with E-state index in [1.807, 2.05) is 18.2 Å². The normalized spacial score (nSPS) is 15.6. The van der Waals surface area contributed by atoms with E-state index in [0.717, 1.165) is 19.3 Å². The number of unbranched alkanes of at least 4 members (excludes halogenated alkanes) is 1. The summed E-state index contributed by atoms with van der Waals surface area (Å²) in [6.07, 6.45) is 3.27. The van der Waals surface area contributed by atoms with Crippen molar-refractivity contribution in [3.8, 4) is 11.1 Å². The van der Waals surface area contributed by atoms with Crippen LogP contribution in [0.15, 0.2) is 65.7 Å². The average molecular weight is 396 g/mol. The van der Waals surface area contributed by atoms with E-state index >= 15 is 0 Å². The van der Waals surface area contributed by atoms with Crippen molar-refractivity contribution in [1.29, 1.82) is 0 Å². The number of nitrogens with one attached hydrogen (secondary N) is 1. The monoisotopic (exact) mass is 395 g/mol. The van der Waals surface area contributed by atoms with Gasteiger partial charge < -0.3 is 10.1 Å². The first-order valence-corrected chi connectivity index (χ1v) is 10.6. The molecule has 0 bridgehead atoms. The Labute approximate surface area is 170 Å². The van der Waals surface area contributed by atoms with Gasteiger partial charge in [0.25, 0.3) is 0 Å². The molecule has 0 fully saturated rings. The first-order chi connectivity index (χ1) is 13.7. The number of Topliss-reactive ketones (excluding diaryl/α,β-unsaturated/α-hetero) is 1. The lowest BCUT2D eigenvalue weighted by atomic mass is 10.0. The summed E-state index contributed by atoms with van der Waals surface area (Å²) in [6, 6.07) is 18.9. The number of carbonyl (C=O) groups excluding carboxylic acids is 2. The molecule has 2 aromatic carbocycles. The lowest BCUT2D eigenvalue weighted by Gasteiger charge is -2.11. The van der Waals surface area contributed by atoms with Crippen molar-refractivity contribution in [1.82, 2.24) is 5.32 Å². The lowest BCUT2D eigenvalue weighted by Crippen LogP contribution is -2.32. The molecular formula is C23H25NO3S. The SMILES string of the molecule is CCOC(=O)C1=CSC(C(=O)CCCCc2ccc(-c3ccccc3)cc2)N1. The number of ketones is 1. The molecule has 1 heterocycles. The molecule has 0 aromatic heterocycles. The molecule has 0 saturated heterocycles. The second-order valence-electron chi connectivity index (χ2n) is 6.65. The van der Waals surface area contributed by atoms with Gasteiger partial charge in [-0.25, -0.2) is 4.79 Å². The van der Waals surface area contributed by atoms with Crippen molar-refractivity contribution in [3.05, 3.63) is 71.3 Å². The molecule has 5 heteroatoms. The number of rotatable bonds is 9. The van der Waals surface area contributed by atoms with Gasteiger partial charge in [-0.1, -0.05) is 66.4 Å². The number of aryl methyl sites for hydroxylation is 1. The molecule has 1 atom stereocenters. The van der Waals surface area contributed by atoms with Crippen molar-refractivity contribution in [2.75, 3.05) is 6.61 Å². The van der Waals surface area contributed by atoms with Gasteiger partial charge in [0.1, 0.15) is 11.1 Å². The molecule has 28 heavy (non-hydrogen) atoms. The standard InChI is InChI=1S/C23H25NO3S/c1-2-27-23(26)20-16-28-22(24-20)21(25)11-7-6-8-17-12-14-19(15-13-17)18-9-4-3-5-10-18/h3-5,9-10,12-16,22,24H,2,6-8,11H2,1H3. The quantitative estimate of drug-likeness (QED) is 0.493. The van der Waals surface area contributed by atoms with Crippen LogP contribution in [0, 0.1) is 0 Å². The highest BCUT2D eigenvalue weighted by atomic mass is 32.2. The second-order valence-corrected chi connectivity index (χ2v) is 7.63. The minimum absolute atomic E-state index is 0.125. The third-order valence-corrected chi connectivity index (χ3v) is 5.62. The number of hydrogen-bond donors (Lipinski definition) is 1. The molecule has 2 aromatic rings. The lowest BCUT2D eigenvalue weighted by molar-refractivity contribution is -0.138. The summed E-state index contributed by atoms with van der Waals surface area (Å²) in [5.41, 5.74) is 4.10. The van der Waals surface area contributed by atoms with Gasteiger partial charge in [-0.2, -0.15) is 0 Å².